The molecule has 3 aromatic rings. The molecule has 148 valence electrons. The third-order valence-electron chi connectivity index (χ3n) is 4.80. The van der Waals surface area contributed by atoms with E-state index in [0.717, 1.165) is 4.57 Å². The van der Waals surface area contributed by atoms with Crippen molar-refractivity contribution in [3.05, 3.63) is 62.8 Å². The highest BCUT2D eigenvalue weighted by atomic mass is 19.1. The molecule has 0 N–H and O–H groups in total. The summed E-state index contributed by atoms with van der Waals surface area (Å²) < 4.78 is 17.7. The van der Waals surface area contributed by atoms with Gasteiger partial charge in [-0.3, -0.25) is 18.7 Å². The molecule has 0 aliphatic rings. The van der Waals surface area contributed by atoms with Gasteiger partial charge in [0.1, 0.15) is 5.82 Å². The van der Waals surface area contributed by atoms with E-state index >= 15 is 0 Å². The number of aromatic nitrogens is 4. The first-order valence-corrected chi connectivity index (χ1v) is 8.89. The Kier molecular flexibility index (Phi) is 5.43. The average molecular weight is 387 g/mol. The van der Waals surface area contributed by atoms with Gasteiger partial charge in [-0.05, 0) is 12.5 Å². The molecule has 0 fully saturated rings. The second-order valence-corrected chi connectivity index (χ2v) is 6.76. The van der Waals surface area contributed by atoms with Crippen LogP contribution in [-0.4, -0.2) is 36.5 Å². The fourth-order valence-corrected chi connectivity index (χ4v) is 3.13. The summed E-state index contributed by atoms with van der Waals surface area (Å²) >= 11 is 0. The number of nitrogens with zero attached hydrogens (tertiary/aromatic N) is 5. The maximum absolute atomic E-state index is 13.7. The maximum Gasteiger partial charge on any atom is 0.332 e. The van der Waals surface area contributed by atoms with Gasteiger partial charge in [0.05, 0.1) is 6.33 Å². The lowest BCUT2D eigenvalue weighted by Gasteiger charge is -2.17. The third kappa shape index (κ3) is 3.60. The first-order chi connectivity index (χ1) is 13.3. The van der Waals surface area contributed by atoms with Gasteiger partial charge >= 0.3 is 5.69 Å². The van der Waals surface area contributed by atoms with Crippen LogP contribution in [0, 0.1) is 5.82 Å². The van der Waals surface area contributed by atoms with Gasteiger partial charge in [0, 0.05) is 46.2 Å². The summed E-state index contributed by atoms with van der Waals surface area (Å²) in [6, 6.07) is 6.35. The number of halogens is 1. The lowest BCUT2D eigenvalue weighted by Crippen LogP contribution is -2.37. The molecule has 3 rings (SSSR count). The molecule has 0 saturated carbocycles. The number of carbonyl (C=O) groups is 1. The zero-order valence-electron chi connectivity index (χ0n) is 16.1. The van der Waals surface area contributed by atoms with Crippen molar-refractivity contribution in [3.63, 3.8) is 0 Å². The highest BCUT2D eigenvalue weighted by molar-refractivity contribution is 5.76. The summed E-state index contributed by atoms with van der Waals surface area (Å²) in [5, 5.41) is 0. The Hall–Kier alpha value is -3.23. The summed E-state index contributed by atoms with van der Waals surface area (Å²) in [4.78, 5) is 42.3. The Morgan fingerprint density at radius 3 is 2.61 bits per heavy atom. The zero-order chi connectivity index (χ0) is 20.4. The summed E-state index contributed by atoms with van der Waals surface area (Å²) in [5.41, 5.74) is 0.252. The van der Waals surface area contributed by atoms with Crippen LogP contribution in [0.3, 0.4) is 0 Å². The van der Waals surface area contributed by atoms with Crippen molar-refractivity contribution in [2.45, 2.75) is 25.9 Å². The Labute approximate surface area is 160 Å². The van der Waals surface area contributed by atoms with E-state index < -0.39 is 11.2 Å². The van der Waals surface area contributed by atoms with E-state index in [2.05, 4.69) is 4.98 Å². The number of amides is 1. The molecule has 2 heterocycles. The Balaban J connectivity index is 1.67. The number of carbonyl (C=O) groups excluding carboxylic acids is 1. The van der Waals surface area contributed by atoms with Gasteiger partial charge in [-0.2, -0.15) is 0 Å². The molecule has 0 saturated heterocycles. The molecular formula is C19H22FN5O3. The standard InChI is InChI=1S/C19H22FN5O3/c1-22(11-13-7-4-5-8-14(13)20)15(26)9-6-10-25-12-21-17-16(25)18(27)24(3)19(28)23(17)2/h4-5,7-8,12H,6,9-11H2,1-3H3. The molecule has 1 amide bonds. The maximum atomic E-state index is 13.7. The van der Waals surface area contributed by atoms with Gasteiger partial charge in [0.15, 0.2) is 11.2 Å². The molecule has 8 nitrogen and oxygen atoms in total. The number of hydrogen-bond donors (Lipinski definition) is 0. The number of benzene rings is 1. The molecule has 0 bridgehead atoms. The molecular weight excluding hydrogens is 365 g/mol. The highest BCUT2D eigenvalue weighted by Crippen LogP contribution is 2.11. The van der Waals surface area contributed by atoms with Gasteiger partial charge in [-0.25, -0.2) is 14.2 Å². The largest absolute Gasteiger partial charge is 0.341 e. The number of hydrogen-bond acceptors (Lipinski definition) is 4. The van der Waals surface area contributed by atoms with Crippen LogP contribution in [0.1, 0.15) is 18.4 Å². The van der Waals surface area contributed by atoms with Gasteiger partial charge in [-0.15, -0.1) is 0 Å². The lowest BCUT2D eigenvalue weighted by atomic mass is 10.2. The Bertz CT molecular complexity index is 1140. The van der Waals surface area contributed by atoms with E-state index in [1.165, 1.54) is 28.9 Å². The quantitative estimate of drug-likeness (QED) is 0.632. The first-order valence-electron chi connectivity index (χ1n) is 8.89. The molecule has 0 radical (unpaired) electrons. The first kappa shape index (κ1) is 19.5. The minimum atomic E-state index is -0.437. The van der Waals surface area contributed by atoms with Gasteiger partial charge in [-0.1, -0.05) is 18.2 Å². The number of rotatable bonds is 6. The van der Waals surface area contributed by atoms with Crippen molar-refractivity contribution in [1.82, 2.24) is 23.6 Å². The minimum Gasteiger partial charge on any atom is -0.341 e. The fraction of sp³-hybridized carbons (Fsp3) is 0.368. The highest BCUT2D eigenvalue weighted by Gasteiger charge is 2.15. The fourth-order valence-electron chi connectivity index (χ4n) is 3.13. The predicted molar refractivity (Wildman–Crippen MR) is 102 cm³/mol. The number of imidazole rings is 1. The van der Waals surface area contributed by atoms with Crippen molar-refractivity contribution in [1.29, 1.82) is 0 Å². The molecule has 0 aliphatic carbocycles. The Morgan fingerprint density at radius 1 is 1.18 bits per heavy atom. The topological polar surface area (TPSA) is 82.1 Å². The van der Waals surface area contributed by atoms with E-state index in [1.807, 2.05) is 0 Å². The molecule has 0 atom stereocenters. The van der Waals surface area contributed by atoms with Crippen molar-refractivity contribution < 1.29 is 9.18 Å². The van der Waals surface area contributed by atoms with Crippen LogP contribution in [0.2, 0.25) is 0 Å². The summed E-state index contributed by atoms with van der Waals surface area (Å²) in [5.74, 6) is -0.457. The van der Waals surface area contributed by atoms with Crippen molar-refractivity contribution in [3.8, 4) is 0 Å². The summed E-state index contributed by atoms with van der Waals surface area (Å²) in [6.45, 7) is 0.603. The van der Waals surface area contributed by atoms with E-state index in [1.54, 1.807) is 36.9 Å². The normalized spacial score (nSPS) is 11.1. The van der Waals surface area contributed by atoms with E-state index in [9.17, 15) is 18.8 Å². The Morgan fingerprint density at radius 2 is 1.89 bits per heavy atom. The molecule has 0 unspecified atom stereocenters. The van der Waals surface area contributed by atoms with Gasteiger partial charge < -0.3 is 9.47 Å². The second kappa shape index (κ2) is 7.79. The van der Waals surface area contributed by atoms with Crippen LogP contribution in [0.4, 0.5) is 4.39 Å². The van der Waals surface area contributed by atoms with Crippen LogP contribution >= 0.6 is 0 Å². The zero-order valence-corrected chi connectivity index (χ0v) is 16.1. The average Bonchev–Trinajstić information content (AvgIpc) is 3.10. The smallest absolute Gasteiger partial charge is 0.332 e. The summed E-state index contributed by atoms with van der Waals surface area (Å²) in [7, 11) is 4.61. The monoisotopic (exact) mass is 387 g/mol. The van der Waals surface area contributed by atoms with Gasteiger partial charge in [0.25, 0.3) is 5.56 Å². The van der Waals surface area contributed by atoms with Crippen LogP contribution in [0.5, 0.6) is 0 Å². The van der Waals surface area contributed by atoms with Crippen molar-refractivity contribution >= 4 is 17.1 Å². The van der Waals surface area contributed by atoms with Crippen LogP contribution in [-0.2, 0) is 32.0 Å². The molecule has 2 aromatic heterocycles. The molecule has 1 aromatic carbocycles. The molecule has 28 heavy (non-hydrogen) atoms. The van der Waals surface area contributed by atoms with Crippen molar-refractivity contribution in [2.24, 2.45) is 14.1 Å². The number of aryl methyl sites for hydroxylation is 2. The van der Waals surface area contributed by atoms with E-state index in [4.69, 9.17) is 0 Å². The minimum absolute atomic E-state index is 0.118. The SMILES string of the molecule is CN(Cc1ccccc1F)C(=O)CCCn1cnc2c1c(=O)n(C)c(=O)n2C. The lowest BCUT2D eigenvalue weighted by molar-refractivity contribution is -0.130. The van der Waals surface area contributed by atoms with Crippen LogP contribution < -0.4 is 11.2 Å². The molecule has 0 aliphatic heterocycles. The van der Waals surface area contributed by atoms with E-state index in [0.29, 0.717) is 29.7 Å². The predicted octanol–water partition coefficient (Wildman–Crippen LogP) is 1.01. The van der Waals surface area contributed by atoms with Crippen molar-refractivity contribution in [2.75, 3.05) is 7.05 Å². The third-order valence-corrected chi connectivity index (χ3v) is 4.80. The van der Waals surface area contributed by atoms with Crippen LogP contribution in [0.15, 0.2) is 40.2 Å². The van der Waals surface area contributed by atoms with Gasteiger partial charge in [0.2, 0.25) is 5.91 Å². The number of fused-ring (bicyclic) bond motifs is 1. The van der Waals surface area contributed by atoms with Crippen LogP contribution in [0.25, 0.3) is 11.2 Å². The van der Waals surface area contributed by atoms with E-state index in [-0.39, 0.29) is 24.7 Å². The molecule has 9 heteroatoms. The second-order valence-electron chi connectivity index (χ2n) is 6.76. The summed E-state index contributed by atoms with van der Waals surface area (Å²) in [6.07, 6.45) is 2.23. The molecule has 0 spiro atoms.